The van der Waals surface area contributed by atoms with Crippen LogP contribution in [-0.2, 0) is 0 Å². The van der Waals surface area contributed by atoms with Crippen LogP contribution in [0.3, 0.4) is 0 Å². The second kappa shape index (κ2) is 5.84. The van der Waals surface area contributed by atoms with Crippen LogP contribution >= 0.6 is 0 Å². The lowest BCUT2D eigenvalue weighted by atomic mass is 10.1. The molecule has 0 saturated heterocycles. The standard InChI is InChI=1S/C17H14N2O4/c1-22-11-6-7-14(13(18)9-11)19-16(20)12-8-10-4-2-3-5-15(10)23-17(12)21/h2-9H,18H2,1H3,(H,19,20). The Balaban J connectivity index is 1.94. The van der Waals surface area contributed by atoms with Gasteiger partial charge in [0.2, 0.25) is 0 Å². The molecule has 0 aliphatic carbocycles. The fourth-order valence-corrected chi connectivity index (χ4v) is 2.19. The summed E-state index contributed by atoms with van der Waals surface area (Å²) in [6.45, 7) is 0. The Hall–Kier alpha value is -3.28. The number of anilines is 2. The summed E-state index contributed by atoms with van der Waals surface area (Å²) < 4.78 is 10.2. The number of methoxy groups -OCH3 is 1. The number of carbonyl (C=O) groups excluding carboxylic acids is 1. The molecule has 0 radical (unpaired) electrons. The lowest BCUT2D eigenvalue weighted by Gasteiger charge is -2.09. The number of para-hydroxylation sites is 1. The Morgan fingerprint density at radius 3 is 2.70 bits per heavy atom. The SMILES string of the molecule is COc1ccc(NC(=O)c2cc3ccccc3oc2=O)c(N)c1. The molecule has 6 nitrogen and oxygen atoms in total. The van der Waals surface area contributed by atoms with Crippen LogP contribution in [0, 0.1) is 0 Å². The second-order valence-corrected chi connectivity index (χ2v) is 4.89. The zero-order valence-electron chi connectivity index (χ0n) is 12.3. The molecule has 3 aromatic rings. The summed E-state index contributed by atoms with van der Waals surface area (Å²) in [5, 5.41) is 3.27. The van der Waals surface area contributed by atoms with Crippen LogP contribution in [0.15, 0.2) is 57.7 Å². The van der Waals surface area contributed by atoms with Gasteiger partial charge in [-0.3, -0.25) is 4.79 Å². The average Bonchev–Trinajstić information content (AvgIpc) is 2.55. The smallest absolute Gasteiger partial charge is 0.349 e. The van der Waals surface area contributed by atoms with Gasteiger partial charge in [-0.1, -0.05) is 18.2 Å². The molecular formula is C17H14N2O4. The van der Waals surface area contributed by atoms with E-state index in [0.717, 1.165) is 0 Å². The van der Waals surface area contributed by atoms with Gasteiger partial charge in [-0.05, 0) is 24.3 Å². The third kappa shape index (κ3) is 2.87. The fraction of sp³-hybridized carbons (Fsp3) is 0.0588. The molecule has 1 heterocycles. The van der Waals surface area contributed by atoms with Crippen molar-refractivity contribution in [3.05, 3.63) is 64.5 Å². The van der Waals surface area contributed by atoms with Gasteiger partial charge in [0.25, 0.3) is 5.91 Å². The zero-order chi connectivity index (χ0) is 16.4. The molecule has 0 atom stereocenters. The number of benzene rings is 2. The molecule has 3 rings (SSSR count). The summed E-state index contributed by atoms with van der Waals surface area (Å²) in [5.41, 5.74) is 6.23. The number of ether oxygens (including phenoxy) is 1. The van der Waals surface area contributed by atoms with Crippen molar-refractivity contribution in [3.8, 4) is 5.75 Å². The number of carbonyl (C=O) groups is 1. The molecule has 1 aromatic heterocycles. The Bertz CT molecular complexity index is 947. The quantitative estimate of drug-likeness (QED) is 0.573. The van der Waals surface area contributed by atoms with Gasteiger partial charge in [0, 0.05) is 11.5 Å². The zero-order valence-corrected chi connectivity index (χ0v) is 12.3. The average molecular weight is 310 g/mol. The summed E-state index contributed by atoms with van der Waals surface area (Å²) in [6, 6.07) is 13.3. The first-order valence-corrected chi connectivity index (χ1v) is 6.86. The van der Waals surface area contributed by atoms with Crippen molar-refractivity contribution >= 4 is 28.3 Å². The third-order valence-electron chi connectivity index (χ3n) is 3.39. The topological polar surface area (TPSA) is 94.6 Å². The van der Waals surface area contributed by atoms with E-state index in [1.807, 2.05) is 0 Å². The van der Waals surface area contributed by atoms with Crippen LogP contribution < -0.4 is 21.4 Å². The highest BCUT2D eigenvalue weighted by Crippen LogP contribution is 2.24. The first-order valence-electron chi connectivity index (χ1n) is 6.86. The maximum absolute atomic E-state index is 12.3. The van der Waals surface area contributed by atoms with Crippen molar-refractivity contribution in [2.75, 3.05) is 18.2 Å². The van der Waals surface area contributed by atoms with E-state index in [9.17, 15) is 9.59 Å². The number of hydrogen-bond acceptors (Lipinski definition) is 5. The number of nitrogen functional groups attached to an aromatic ring is 1. The van der Waals surface area contributed by atoms with Crippen LogP contribution in [0.1, 0.15) is 10.4 Å². The molecule has 0 aliphatic rings. The van der Waals surface area contributed by atoms with Gasteiger partial charge in [0.1, 0.15) is 16.9 Å². The molecule has 0 bridgehead atoms. The van der Waals surface area contributed by atoms with Gasteiger partial charge in [-0.15, -0.1) is 0 Å². The van der Waals surface area contributed by atoms with E-state index in [1.54, 1.807) is 42.5 Å². The normalized spacial score (nSPS) is 10.5. The number of amides is 1. The van der Waals surface area contributed by atoms with Crippen LogP contribution in [0.4, 0.5) is 11.4 Å². The Kier molecular flexibility index (Phi) is 3.72. The lowest BCUT2D eigenvalue weighted by molar-refractivity contribution is 0.102. The van der Waals surface area contributed by atoms with Crippen molar-refractivity contribution in [2.24, 2.45) is 0 Å². The summed E-state index contributed by atoms with van der Waals surface area (Å²) in [5.74, 6) is -0.00733. The van der Waals surface area contributed by atoms with Crippen LogP contribution in [0.5, 0.6) is 5.75 Å². The second-order valence-electron chi connectivity index (χ2n) is 4.89. The van der Waals surface area contributed by atoms with E-state index in [1.165, 1.54) is 13.2 Å². The van der Waals surface area contributed by atoms with Gasteiger partial charge in [0.15, 0.2) is 0 Å². The molecule has 1 amide bonds. The highest BCUT2D eigenvalue weighted by molar-refractivity contribution is 6.06. The molecule has 0 aliphatic heterocycles. The molecule has 6 heteroatoms. The van der Waals surface area contributed by atoms with Crippen molar-refractivity contribution in [1.82, 2.24) is 0 Å². The first-order chi connectivity index (χ1) is 11.1. The molecule has 23 heavy (non-hydrogen) atoms. The summed E-state index contributed by atoms with van der Waals surface area (Å²) in [6.07, 6.45) is 0. The van der Waals surface area contributed by atoms with E-state index >= 15 is 0 Å². The van der Waals surface area contributed by atoms with E-state index in [0.29, 0.717) is 28.1 Å². The van der Waals surface area contributed by atoms with E-state index in [-0.39, 0.29) is 5.56 Å². The molecule has 0 fully saturated rings. The Labute approximate surface area is 131 Å². The van der Waals surface area contributed by atoms with Crippen LogP contribution in [-0.4, -0.2) is 13.0 Å². The molecule has 2 aromatic carbocycles. The Morgan fingerprint density at radius 2 is 1.96 bits per heavy atom. The molecular weight excluding hydrogens is 296 g/mol. The van der Waals surface area contributed by atoms with Crippen molar-refractivity contribution < 1.29 is 13.9 Å². The van der Waals surface area contributed by atoms with Crippen LogP contribution in [0.2, 0.25) is 0 Å². The van der Waals surface area contributed by atoms with E-state index in [2.05, 4.69) is 5.32 Å². The molecule has 0 saturated carbocycles. The lowest BCUT2D eigenvalue weighted by Crippen LogP contribution is -2.21. The first kappa shape index (κ1) is 14.6. The largest absolute Gasteiger partial charge is 0.497 e. The minimum atomic E-state index is -0.701. The van der Waals surface area contributed by atoms with Gasteiger partial charge in [-0.2, -0.15) is 0 Å². The summed E-state index contributed by atoms with van der Waals surface area (Å²) >= 11 is 0. The van der Waals surface area contributed by atoms with Gasteiger partial charge in [-0.25, -0.2) is 4.79 Å². The number of nitrogens with one attached hydrogen (secondary N) is 1. The van der Waals surface area contributed by atoms with Gasteiger partial charge >= 0.3 is 5.63 Å². The fourth-order valence-electron chi connectivity index (χ4n) is 2.19. The van der Waals surface area contributed by atoms with Crippen LogP contribution in [0.25, 0.3) is 11.0 Å². The highest BCUT2D eigenvalue weighted by Gasteiger charge is 2.15. The third-order valence-corrected chi connectivity index (χ3v) is 3.39. The van der Waals surface area contributed by atoms with Crippen molar-refractivity contribution in [3.63, 3.8) is 0 Å². The molecule has 0 unspecified atom stereocenters. The minimum Gasteiger partial charge on any atom is -0.497 e. The summed E-state index contributed by atoms with van der Waals surface area (Å²) in [7, 11) is 1.52. The van der Waals surface area contributed by atoms with Gasteiger partial charge < -0.3 is 20.2 Å². The number of hydrogen-bond donors (Lipinski definition) is 2. The molecule has 3 N–H and O–H groups in total. The maximum atomic E-state index is 12.3. The maximum Gasteiger partial charge on any atom is 0.349 e. The number of rotatable bonds is 3. The highest BCUT2D eigenvalue weighted by atomic mass is 16.5. The number of nitrogens with two attached hydrogens (primary N) is 1. The monoisotopic (exact) mass is 310 g/mol. The minimum absolute atomic E-state index is 0.0843. The van der Waals surface area contributed by atoms with Crippen molar-refractivity contribution in [2.45, 2.75) is 0 Å². The predicted octanol–water partition coefficient (Wildman–Crippen LogP) is 2.64. The van der Waals surface area contributed by atoms with E-state index < -0.39 is 11.5 Å². The van der Waals surface area contributed by atoms with Gasteiger partial charge in [0.05, 0.1) is 18.5 Å². The number of fused-ring (bicyclic) bond motifs is 1. The predicted molar refractivity (Wildman–Crippen MR) is 87.8 cm³/mol. The molecule has 116 valence electrons. The van der Waals surface area contributed by atoms with E-state index in [4.69, 9.17) is 14.9 Å². The molecule has 0 spiro atoms. The Morgan fingerprint density at radius 1 is 1.17 bits per heavy atom. The summed E-state index contributed by atoms with van der Waals surface area (Å²) in [4.78, 5) is 24.3. The van der Waals surface area contributed by atoms with Crippen molar-refractivity contribution in [1.29, 1.82) is 0 Å².